The first-order chi connectivity index (χ1) is 17.1. The maximum absolute atomic E-state index is 14.1. The number of nitrogens with one attached hydrogen (secondary N) is 1. The van der Waals surface area contributed by atoms with E-state index in [1.807, 2.05) is 0 Å². The average molecular weight is 512 g/mol. The van der Waals surface area contributed by atoms with E-state index in [0.29, 0.717) is 0 Å². The van der Waals surface area contributed by atoms with Gasteiger partial charge in [-0.05, 0) is 53.7 Å². The third-order valence-electron chi connectivity index (χ3n) is 7.63. The van der Waals surface area contributed by atoms with Gasteiger partial charge in [-0.1, -0.05) is 36.5 Å². The van der Waals surface area contributed by atoms with Gasteiger partial charge in [-0.2, -0.15) is 0 Å². The largest absolute Gasteiger partial charge is 0.508 e. The third kappa shape index (κ3) is 3.53. The molecule has 9 heteroatoms. The predicted octanol–water partition coefficient (Wildman–Crippen LogP) is 3.74. The van der Waals surface area contributed by atoms with E-state index in [2.05, 4.69) is 0 Å². The molecule has 0 bridgehead atoms. The minimum absolute atomic E-state index is 0.180. The topological polar surface area (TPSA) is 168 Å². The Kier molecular flexibility index (Phi) is 6.89. The van der Waals surface area contributed by atoms with Gasteiger partial charge in [0, 0.05) is 17.1 Å². The second-order valence-electron chi connectivity index (χ2n) is 9.90. The first-order valence-corrected chi connectivity index (χ1v) is 11.8. The molecule has 9 nitrogen and oxygen atoms in total. The summed E-state index contributed by atoms with van der Waals surface area (Å²) in [5, 5.41) is 64.8. The van der Waals surface area contributed by atoms with Gasteiger partial charge in [-0.25, -0.2) is 0 Å². The van der Waals surface area contributed by atoms with Crippen molar-refractivity contribution in [1.29, 1.82) is 5.41 Å². The lowest BCUT2D eigenvalue weighted by atomic mass is 9.52. The molecule has 3 aliphatic rings. The lowest BCUT2D eigenvalue weighted by Gasteiger charge is -2.51. The lowest BCUT2D eigenvalue weighted by Crippen LogP contribution is -2.72. The molecule has 1 saturated heterocycles. The summed E-state index contributed by atoms with van der Waals surface area (Å²) in [6, 6.07) is 0. The molecule has 37 heavy (non-hydrogen) atoms. The molecule has 2 aliphatic carbocycles. The van der Waals surface area contributed by atoms with E-state index in [4.69, 9.17) is 10.1 Å². The molecular weight excluding hydrogens is 478 g/mol. The number of hydrogen-bond acceptors (Lipinski definition) is 9. The smallest absolute Gasteiger partial charge is 0.215 e. The van der Waals surface area contributed by atoms with Crippen LogP contribution in [-0.4, -0.2) is 59.8 Å². The Morgan fingerprint density at radius 3 is 1.95 bits per heavy atom. The van der Waals surface area contributed by atoms with Crippen LogP contribution < -0.4 is 0 Å². The molecule has 0 radical (unpaired) electrons. The second kappa shape index (κ2) is 9.09. The molecular formula is C28H33NO8. The van der Waals surface area contributed by atoms with Crippen LogP contribution in [0.4, 0.5) is 0 Å². The highest BCUT2D eigenvalue weighted by Crippen LogP contribution is 2.66. The van der Waals surface area contributed by atoms with Crippen molar-refractivity contribution in [3.63, 3.8) is 0 Å². The zero-order valence-electron chi connectivity index (χ0n) is 21.7. The summed E-state index contributed by atoms with van der Waals surface area (Å²) in [7, 11) is 0. The van der Waals surface area contributed by atoms with Gasteiger partial charge in [0.2, 0.25) is 5.79 Å². The van der Waals surface area contributed by atoms with Crippen molar-refractivity contribution in [1.82, 2.24) is 0 Å². The Hall–Kier alpha value is -3.53. The van der Waals surface area contributed by atoms with Crippen LogP contribution in [0.2, 0.25) is 0 Å². The highest BCUT2D eigenvalue weighted by atomic mass is 16.7. The first kappa shape index (κ1) is 28.0. The SMILES string of the molecule is CC=CC=CC(O)=C1C(=N)[C@](C)(O)[C@]2(O)O[C@]3(C)C(=O)C(C)=C(O)C(=C(O)C=CC=CC)[C@@H]3[C@]2(C)C1=O. The highest BCUT2D eigenvalue weighted by molar-refractivity contribution is 6.29. The Bertz CT molecular complexity index is 1290. The number of ketones is 2. The number of fused-ring (bicyclic) bond motifs is 3. The summed E-state index contributed by atoms with van der Waals surface area (Å²) in [6.45, 7) is 8.36. The van der Waals surface area contributed by atoms with Gasteiger partial charge in [0.1, 0.15) is 22.9 Å². The summed E-state index contributed by atoms with van der Waals surface area (Å²) in [4.78, 5) is 27.6. The fourth-order valence-electron chi connectivity index (χ4n) is 5.66. The van der Waals surface area contributed by atoms with Crippen molar-refractivity contribution in [2.24, 2.45) is 11.3 Å². The minimum Gasteiger partial charge on any atom is -0.508 e. The summed E-state index contributed by atoms with van der Waals surface area (Å²) >= 11 is 0. The molecule has 1 aliphatic heterocycles. The summed E-state index contributed by atoms with van der Waals surface area (Å²) in [6.07, 6.45) is 11.8. The molecule has 1 saturated carbocycles. The fraction of sp³-hybridized carbons (Fsp3) is 0.393. The number of ether oxygens (including phenoxy) is 1. The molecule has 198 valence electrons. The first-order valence-electron chi connectivity index (χ1n) is 11.8. The van der Waals surface area contributed by atoms with Crippen LogP contribution in [0.1, 0.15) is 41.5 Å². The number of aliphatic hydroxyl groups excluding tert-OH is 3. The molecule has 0 aromatic carbocycles. The maximum atomic E-state index is 14.1. The number of allylic oxidation sites excluding steroid dienone is 9. The Balaban J connectivity index is 2.46. The third-order valence-corrected chi connectivity index (χ3v) is 7.63. The molecule has 0 spiro atoms. The molecule has 3 rings (SSSR count). The van der Waals surface area contributed by atoms with Gasteiger partial charge < -0.3 is 35.7 Å². The maximum Gasteiger partial charge on any atom is 0.215 e. The molecule has 6 N–H and O–H groups in total. The summed E-state index contributed by atoms with van der Waals surface area (Å²) in [5.74, 6) is -7.90. The van der Waals surface area contributed by atoms with Crippen molar-refractivity contribution in [2.45, 2.75) is 58.5 Å². The molecule has 0 unspecified atom stereocenters. The quantitative estimate of drug-likeness (QED) is 0.188. The number of carbonyl (C=O) groups is 2. The van der Waals surface area contributed by atoms with Crippen molar-refractivity contribution < 1.29 is 39.9 Å². The van der Waals surface area contributed by atoms with Crippen LogP contribution in [0.25, 0.3) is 0 Å². The van der Waals surface area contributed by atoms with E-state index in [0.717, 1.165) is 13.0 Å². The van der Waals surface area contributed by atoms with E-state index in [-0.39, 0.29) is 11.1 Å². The minimum atomic E-state index is -2.86. The molecule has 2 fully saturated rings. The number of aliphatic hydroxyl groups is 5. The number of Topliss-reactive ketones (excluding diaryl/α,β-unsaturated/α-hetero) is 2. The zero-order valence-corrected chi connectivity index (χ0v) is 21.7. The molecule has 5 atom stereocenters. The van der Waals surface area contributed by atoms with Gasteiger partial charge in [0.15, 0.2) is 17.2 Å². The van der Waals surface area contributed by atoms with Crippen LogP contribution in [0.15, 0.2) is 82.6 Å². The molecule has 0 aromatic heterocycles. The molecule has 1 heterocycles. The van der Waals surface area contributed by atoms with Gasteiger partial charge in [0.25, 0.3) is 0 Å². The highest BCUT2D eigenvalue weighted by Gasteiger charge is 2.82. The van der Waals surface area contributed by atoms with E-state index in [1.165, 1.54) is 39.0 Å². The monoisotopic (exact) mass is 511 g/mol. The number of rotatable bonds is 4. The van der Waals surface area contributed by atoms with Crippen LogP contribution in [-0.2, 0) is 14.3 Å². The van der Waals surface area contributed by atoms with Gasteiger partial charge in [0.05, 0.1) is 16.7 Å². The van der Waals surface area contributed by atoms with Crippen LogP contribution in [0.5, 0.6) is 0 Å². The predicted molar refractivity (Wildman–Crippen MR) is 137 cm³/mol. The average Bonchev–Trinajstić information content (AvgIpc) is 3.03. The molecule has 0 aromatic rings. The second-order valence-corrected chi connectivity index (χ2v) is 9.90. The van der Waals surface area contributed by atoms with Crippen molar-refractivity contribution in [3.05, 3.63) is 82.6 Å². The normalized spacial score (nSPS) is 39.5. The number of carbonyl (C=O) groups excluding carboxylic acids is 2. The lowest BCUT2D eigenvalue weighted by molar-refractivity contribution is -0.305. The Labute approximate surface area is 215 Å². The van der Waals surface area contributed by atoms with Crippen molar-refractivity contribution >= 4 is 17.3 Å². The van der Waals surface area contributed by atoms with Gasteiger partial charge in [-0.3, -0.25) is 9.59 Å². The van der Waals surface area contributed by atoms with Crippen LogP contribution >= 0.6 is 0 Å². The Morgan fingerprint density at radius 2 is 1.43 bits per heavy atom. The molecule has 0 amide bonds. The van der Waals surface area contributed by atoms with Crippen LogP contribution in [0, 0.1) is 16.7 Å². The zero-order chi connectivity index (χ0) is 28.1. The van der Waals surface area contributed by atoms with E-state index < -0.39 is 68.5 Å². The standard InChI is InChI=1S/C28H33NO8/c1-7-9-11-13-16(30)18-20(32)15(3)23(33)26(5)21(18)25(4)24(34)19(17(31)14-12-10-8-2)22(29)27(6,35)28(25,36)37-26/h7-14,21,29-32,35-36H,1-6H3/t21-,25-,26+,27+,28-/m1/s1. The van der Waals surface area contributed by atoms with E-state index in [1.54, 1.807) is 38.2 Å². The summed E-state index contributed by atoms with van der Waals surface area (Å²) < 4.78 is 5.90. The fourth-order valence-corrected chi connectivity index (χ4v) is 5.66. The van der Waals surface area contributed by atoms with Gasteiger partial charge in [-0.15, -0.1) is 0 Å². The number of hydrogen-bond donors (Lipinski definition) is 6. The van der Waals surface area contributed by atoms with Gasteiger partial charge >= 0.3 is 0 Å². The van der Waals surface area contributed by atoms with Crippen molar-refractivity contribution in [3.8, 4) is 0 Å². The van der Waals surface area contributed by atoms with Crippen LogP contribution in [0.3, 0.4) is 0 Å². The van der Waals surface area contributed by atoms with Crippen molar-refractivity contribution in [2.75, 3.05) is 0 Å². The van der Waals surface area contributed by atoms with E-state index in [9.17, 15) is 35.1 Å². The van der Waals surface area contributed by atoms with E-state index >= 15 is 0 Å². The Morgan fingerprint density at radius 1 is 0.919 bits per heavy atom. The summed E-state index contributed by atoms with van der Waals surface area (Å²) in [5.41, 5.74) is -8.73.